The molecule has 9 nitrogen and oxygen atoms in total. The lowest BCUT2D eigenvalue weighted by atomic mass is 10.1. The highest BCUT2D eigenvalue weighted by atomic mass is 32.2. The zero-order valence-corrected chi connectivity index (χ0v) is 22.1. The lowest BCUT2D eigenvalue weighted by Crippen LogP contribution is -2.21. The molecule has 0 aliphatic rings. The molecule has 3 aromatic carbocycles. The summed E-state index contributed by atoms with van der Waals surface area (Å²) < 4.78 is 12.5. The number of nitrogens with zero attached hydrogens (tertiary/aromatic N) is 4. The molecule has 1 amide bonds. The Morgan fingerprint density at radius 3 is 2.26 bits per heavy atom. The first-order valence-electron chi connectivity index (χ1n) is 11.9. The zero-order valence-electron chi connectivity index (χ0n) is 21.2. The van der Waals surface area contributed by atoms with E-state index in [1.807, 2.05) is 66.1 Å². The van der Waals surface area contributed by atoms with Gasteiger partial charge in [-0.2, -0.15) is 5.10 Å². The van der Waals surface area contributed by atoms with Gasteiger partial charge in [-0.3, -0.25) is 14.2 Å². The number of carbonyl (C=O) groups is 2. The van der Waals surface area contributed by atoms with Crippen molar-refractivity contribution in [2.24, 2.45) is 5.10 Å². The second-order valence-electron chi connectivity index (χ2n) is 8.07. The van der Waals surface area contributed by atoms with Gasteiger partial charge in [0.25, 0.3) is 5.91 Å². The molecule has 0 fully saturated rings. The van der Waals surface area contributed by atoms with Crippen LogP contribution in [0.25, 0.3) is 17.1 Å². The molecule has 4 aromatic rings. The van der Waals surface area contributed by atoms with E-state index in [9.17, 15) is 9.59 Å². The summed E-state index contributed by atoms with van der Waals surface area (Å²) in [5.41, 5.74) is 5.75. The Balaban J connectivity index is 1.47. The lowest BCUT2D eigenvalue weighted by molar-refractivity contribution is -0.131. The second kappa shape index (κ2) is 12.7. The van der Waals surface area contributed by atoms with Gasteiger partial charge < -0.3 is 9.47 Å². The molecule has 0 saturated heterocycles. The van der Waals surface area contributed by atoms with Crippen molar-refractivity contribution in [3.8, 4) is 28.6 Å². The number of amides is 1. The van der Waals surface area contributed by atoms with E-state index in [1.165, 1.54) is 18.7 Å². The van der Waals surface area contributed by atoms with Crippen molar-refractivity contribution in [3.05, 3.63) is 84.4 Å². The summed E-state index contributed by atoms with van der Waals surface area (Å²) in [5, 5.41) is 13.5. The third-order valence-corrected chi connectivity index (χ3v) is 6.21. The summed E-state index contributed by atoms with van der Waals surface area (Å²) in [6, 6.07) is 24.3. The number of aromatic nitrogens is 3. The topological polar surface area (TPSA) is 108 Å². The highest BCUT2D eigenvalue weighted by molar-refractivity contribution is 7.99. The quantitative estimate of drug-likeness (QED) is 0.102. The molecule has 0 unspecified atom stereocenters. The van der Waals surface area contributed by atoms with Gasteiger partial charge in [-0.05, 0) is 67.9 Å². The van der Waals surface area contributed by atoms with Gasteiger partial charge in [0.2, 0.25) is 0 Å². The number of rotatable bonds is 10. The molecule has 1 N–H and O–H groups in total. The van der Waals surface area contributed by atoms with Gasteiger partial charge in [-0.1, -0.05) is 42.1 Å². The number of esters is 1. The first kappa shape index (κ1) is 26.6. The minimum Gasteiger partial charge on any atom is -0.494 e. The van der Waals surface area contributed by atoms with Crippen LogP contribution >= 0.6 is 11.8 Å². The third-order valence-electron chi connectivity index (χ3n) is 5.29. The first-order chi connectivity index (χ1) is 18.4. The maximum atomic E-state index is 12.6. The van der Waals surface area contributed by atoms with Crippen LogP contribution < -0.4 is 14.9 Å². The first-order valence-corrected chi connectivity index (χ1v) is 12.9. The van der Waals surface area contributed by atoms with Crippen LogP contribution in [-0.4, -0.2) is 44.7 Å². The van der Waals surface area contributed by atoms with Gasteiger partial charge >= 0.3 is 5.97 Å². The van der Waals surface area contributed by atoms with Crippen LogP contribution in [0.1, 0.15) is 26.3 Å². The fourth-order valence-electron chi connectivity index (χ4n) is 3.53. The Hall–Kier alpha value is -4.44. The highest BCUT2D eigenvalue weighted by Gasteiger charge is 2.17. The summed E-state index contributed by atoms with van der Waals surface area (Å²) in [4.78, 5) is 23.7. The molecule has 38 heavy (non-hydrogen) atoms. The number of hydrogen-bond donors (Lipinski definition) is 1. The predicted octanol–water partition coefficient (Wildman–Crippen LogP) is 4.89. The standard InChI is InChI=1S/C28H27N5O4S/c1-4-36-24-16-12-23(13-17-24)33-27(22-8-6-5-7-9-22)31-32-28(33)38-18-26(35)30-29-19(2)21-10-14-25(15-11-21)37-20(3)34/h5-17H,4,18H2,1-3H3,(H,30,35). The van der Waals surface area contributed by atoms with E-state index in [4.69, 9.17) is 9.47 Å². The van der Waals surface area contributed by atoms with Crippen LogP contribution in [0, 0.1) is 0 Å². The Morgan fingerprint density at radius 2 is 1.61 bits per heavy atom. The van der Waals surface area contributed by atoms with E-state index in [1.54, 1.807) is 31.2 Å². The highest BCUT2D eigenvalue weighted by Crippen LogP contribution is 2.28. The molecular formula is C28H27N5O4S. The van der Waals surface area contributed by atoms with E-state index >= 15 is 0 Å². The van der Waals surface area contributed by atoms with Gasteiger partial charge in [0.05, 0.1) is 18.1 Å². The fraction of sp³-hybridized carbons (Fsp3) is 0.179. The zero-order chi connectivity index (χ0) is 26.9. The summed E-state index contributed by atoms with van der Waals surface area (Å²) >= 11 is 1.26. The van der Waals surface area contributed by atoms with Crippen LogP contribution in [0.15, 0.2) is 89.1 Å². The van der Waals surface area contributed by atoms with Crippen molar-refractivity contribution >= 4 is 29.4 Å². The predicted molar refractivity (Wildman–Crippen MR) is 147 cm³/mol. The van der Waals surface area contributed by atoms with Crippen LogP contribution in [0.2, 0.25) is 0 Å². The SMILES string of the molecule is CCOc1ccc(-n2c(SCC(=O)NN=C(C)c3ccc(OC(C)=O)cc3)nnc2-c2ccccc2)cc1. The molecule has 0 spiro atoms. The lowest BCUT2D eigenvalue weighted by Gasteiger charge is -2.11. The minimum absolute atomic E-state index is 0.0894. The smallest absolute Gasteiger partial charge is 0.308 e. The molecule has 0 aliphatic heterocycles. The second-order valence-corrected chi connectivity index (χ2v) is 9.02. The number of carbonyl (C=O) groups excluding carboxylic acids is 2. The average Bonchev–Trinajstić information content (AvgIpc) is 3.36. The average molecular weight is 530 g/mol. The van der Waals surface area contributed by atoms with Crippen LogP contribution in [-0.2, 0) is 9.59 Å². The molecular weight excluding hydrogens is 502 g/mol. The normalized spacial score (nSPS) is 11.2. The molecule has 0 bridgehead atoms. The van der Waals surface area contributed by atoms with Crippen LogP contribution in [0.3, 0.4) is 0 Å². The molecule has 194 valence electrons. The van der Waals surface area contributed by atoms with Crippen molar-refractivity contribution in [2.75, 3.05) is 12.4 Å². The maximum absolute atomic E-state index is 12.6. The fourth-order valence-corrected chi connectivity index (χ4v) is 4.28. The molecule has 4 rings (SSSR count). The number of ether oxygens (including phenoxy) is 2. The van der Waals surface area contributed by atoms with Gasteiger partial charge in [0, 0.05) is 18.2 Å². The van der Waals surface area contributed by atoms with E-state index in [2.05, 4.69) is 20.7 Å². The van der Waals surface area contributed by atoms with Gasteiger partial charge in [-0.25, -0.2) is 5.43 Å². The molecule has 0 atom stereocenters. The van der Waals surface area contributed by atoms with Crippen molar-refractivity contribution in [1.82, 2.24) is 20.2 Å². The summed E-state index contributed by atoms with van der Waals surface area (Å²) in [5.74, 6) is 1.31. The molecule has 0 saturated carbocycles. The van der Waals surface area contributed by atoms with E-state index in [-0.39, 0.29) is 17.6 Å². The monoisotopic (exact) mass is 529 g/mol. The van der Waals surface area contributed by atoms with Crippen molar-refractivity contribution < 1.29 is 19.1 Å². The van der Waals surface area contributed by atoms with E-state index in [0.29, 0.717) is 29.0 Å². The maximum Gasteiger partial charge on any atom is 0.308 e. The van der Waals surface area contributed by atoms with E-state index < -0.39 is 0 Å². The van der Waals surface area contributed by atoms with Crippen LogP contribution in [0.4, 0.5) is 0 Å². The number of benzene rings is 3. The third kappa shape index (κ3) is 6.86. The van der Waals surface area contributed by atoms with E-state index in [0.717, 1.165) is 22.6 Å². The van der Waals surface area contributed by atoms with Gasteiger partial charge in [0.1, 0.15) is 11.5 Å². The molecule has 1 heterocycles. The van der Waals surface area contributed by atoms with Crippen molar-refractivity contribution in [1.29, 1.82) is 0 Å². The molecule has 0 radical (unpaired) electrons. The number of hydrogen-bond acceptors (Lipinski definition) is 8. The molecule has 10 heteroatoms. The largest absolute Gasteiger partial charge is 0.494 e. The summed E-state index contributed by atoms with van der Waals surface area (Å²) in [6.07, 6.45) is 0. The van der Waals surface area contributed by atoms with Crippen molar-refractivity contribution in [2.45, 2.75) is 25.9 Å². The minimum atomic E-state index is -0.387. The molecule has 1 aromatic heterocycles. The van der Waals surface area contributed by atoms with Gasteiger partial charge in [0.15, 0.2) is 11.0 Å². The summed E-state index contributed by atoms with van der Waals surface area (Å²) in [7, 11) is 0. The Labute approximate surface area is 224 Å². The Morgan fingerprint density at radius 1 is 0.921 bits per heavy atom. The van der Waals surface area contributed by atoms with Crippen molar-refractivity contribution in [3.63, 3.8) is 0 Å². The van der Waals surface area contributed by atoms with Gasteiger partial charge in [-0.15, -0.1) is 10.2 Å². The number of hydrazone groups is 1. The number of thioether (sulfide) groups is 1. The Kier molecular flexibility index (Phi) is 8.89. The summed E-state index contributed by atoms with van der Waals surface area (Å²) in [6.45, 7) is 5.65. The number of nitrogens with one attached hydrogen (secondary N) is 1. The Bertz CT molecular complexity index is 1420. The van der Waals surface area contributed by atoms with Crippen LogP contribution in [0.5, 0.6) is 11.5 Å². The molecule has 0 aliphatic carbocycles.